The van der Waals surface area contributed by atoms with Gasteiger partial charge in [0.25, 0.3) is 0 Å². The molecule has 3 nitrogen and oxygen atoms in total. The molecule has 1 heterocycles. The molecule has 0 aromatic heterocycles. The summed E-state index contributed by atoms with van der Waals surface area (Å²) in [7, 11) is 0. The Morgan fingerprint density at radius 3 is 2.89 bits per heavy atom. The molecule has 1 aliphatic heterocycles. The van der Waals surface area contributed by atoms with Crippen LogP contribution >= 0.6 is 0 Å². The number of amides is 1. The maximum atomic E-state index is 11.8. The summed E-state index contributed by atoms with van der Waals surface area (Å²) in [6, 6.07) is 10.1. The Hall–Kier alpha value is -1.35. The van der Waals surface area contributed by atoms with Gasteiger partial charge in [-0.25, -0.2) is 0 Å². The van der Waals surface area contributed by atoms with E-state index in [4.69, 9.17) is 4.74 Å². The van der Waals surface area contributed by atoms with Crippen LogP contribution in [0.5, 0.6) is 0 Å². The Balaban J connectivity index is 1.73. The number of ether oxygens (including phenoxy) is 1. The first kappa shape index (κ1) is 13.1. The molecule has 1 amide bonds. The molecule has 0 unspecified atom stereocenters. The van der Waals surface area contributed by atoms with Crippen molar-refractivity contribution in [2.75, 3.05) is 13.2 Å². The second-order valence-corrected chi connectivity index (χ2v) is 4.95. The zero-order valence-electron chi connectivity index (χ0n) is 10.9. The summed E-state index contributed by atoms with van der Waals surface area (Å²) in [6.45, 7) is 3.57. The monoisotopic (exact) mass is 247 g/mol. The van der Waals surface area contributed by atoms with Crippen LogP contribution in [0.4, 0.5) is 0 Å². The van der Waals surface area contributed by atoms with Gasteiger partial charge in [0.05, 0.1) is 6.10 Å². The first-order valence-electron chi connectivity index (χ1n) is 6.69. The van der Waals surface area contributed by atoms with Crippen LogP contribution < -0.4 is 5.32 Å². The summed E-state index contributed by atoms with van der Waals surface area (Å²) in [5.41, 5.74) is 1.21. The van der Waals surface area contributed by atoms with Crippen LogP contribution in [0.15, 0.2) is 30.3 Å². The molecule has 0 spiro atoms. The second-order valence-electron chi connectivity index (χ2n) is 4.95. The van der Waals surface area contributed by atoms with Crippen LogP contribution in [0.3, 0.4) is 0 Å². The molecule has 2 rings (SSSR count). The third-order valence-corrected chi connectivity index (χ3v) is 3.41. The highest BCUT2D eigenvalue weighted by molar-refractivity contribution is 5.76. The molecule has 1 saturated heterocycles. The van der Waals surface area contributed by atoms with Gasteiger partial charge in [0.1, 0.15) is 0 Å². The number of carbonyl (C=O) groups excluding carboxylic acids is 1. The van der Waals surface area contributed by atoms with Crippen LogP contribution in [0.25, 0.3) is 0 Å². The Bertz CT molecular complexity index is 371. The zero-order chi connectivity index (χ0) is 12.8. The lowest BCUT2D eigenvalue weighted by Gasteiger charge is -2.14. The van der Waals surface area contributed by atoms with Gasteiger partial charge in [-0.05, 0) is 24.3 Å². The summed E-state index contributed by atoms with van der Waals surface area (Å²) in [6.07, 6.45) is 2.94. The van der Waals surface area contributed by atoms with Crippen LogP contribution in [0.2, 0.25) is 0 Å². The molecule has 1 N–H and O–H groups in total. The molecule has 1 aliphatic rings. The third-order valence-electron chi connectivity index (χ3n) is 3.41. The van der Waals surface area contributed by atoms with Crippen LogP contribution in [-0.4, -0.2) is 25.2 Å². The van der Waals surface area contributed by atoms with Gasteiger partial charge >= 0.3 is 0 Å². The van der Waals surface area contributed by atoms with Gasteiger partial charge in [-0.15, -0.1) is 0 Å². The van der Waals surface area contributed by atoms with E-state index in [-0.39, 0.29) is 17.9 Å². The van der Waals surface area contributed by atoms with Crippen molar-refractivity contribution in [1.29, 1.82) is 0 Å². The van der Waals surface area contributed by atoms with Crippen LogP contribution in [0, 0.1) is 0 Å². The molecule has 1 aromatic rings. The molecule has 1 fully saturated rings. The van der Waals surface area contributed by atoms with Crippen molar-refractivity contribution in [3.05, 3.63) is 35.9 Å². The van der Waals surface area contributed by atoms with Gasteiger partial charge < -0.3 is 10.1 Å². The molecule has 0 bridgehead atoms. The standard InChI is InChI=1S/C15H21NO2/c1-12(13-6-3-2-4-7-13)10-15(17)16-11-14-8-5-9-18-14/h2-4,6-7,12,14H,5,8-11H2,1H3,(H,16,17)/t12-,14-/m1/s1. The molecule has 0 radical (unpaired) electrons. The van der Waals surface area contributed by atoms with Crippen molar-refractivity contribution in [3.63, 3.8) is 0 Å². The van der Waals surface area contributed by atoms with Crippen molar-refractivity contribution < 1.29 is 9.53 Å². The van der Waals surface area contributed by atoms with E-state index in [9.17, 15) is 4.79 Å². The van der Waals surface area contributed by atoms with Crippen LogP contribution in [-0.2, 0) is 9.53 Å². The number of nitrogens with one attached hydrogen (secondary N) is 1. The molecular formula is C15H21NO2. The number of benzene rings is 1. The summed E-state index contributed by atoms with van der Waals surface area (Å²) in [4.78, 5) is 11.8. The minimum Gasteiger partial charge on any atom is -0.376 e. The summed E-state index contributed by atoms with van der Waals surface area (Å²) >= 11 is 0. The van der Waals surface area contributed by atoms with E-state index < -0.39 is 0 Å². The first-order valence-corrected chi connectivity index (χ1v) is 6.69. The van der Waals surface area contributed by atoms with E-state index in [2.05, 4.69) is 24.4 Å². The highest BCUT2D eigenvalue weighted by atomic mass is 16.5. The molecular weight excluding hydrogens is 226 g/mol. The van der Waals surface area contributed by atoms with E-state index in [1.54, 1.807) is 0 Å². The average molecular weight is 247 g/mol. The number of hydrogen-bond donors (Lipinski definition) is 1. The Kier molecular flexibility index (Phi) is 4.76. The van der Waals surface area contributed by atoms with Crippen molar-refractivity contribution >= 4 is 5.91 Å². The van der Waals surface area contributed by atoms with Crippen molar-refractivity contribution in [2.24, 2.45) is 0 Å². The fourth-order valence-electron chi connectivity index (χ4n) is 2.28. The quantitative estimate of drug-likeness (QED) is 0.868. The third kappa shape index (κ3) is 3.84. The molecule has 2 atom stereocenters. The van der Waals surface area contributed by atoms with Gasteiger partial charge in [0, 0.05) is 19.6 Å². The smallest absolute Gasteiger partial charge is 0.220 e. The summed E-state index contributed by atoms with van der Waals surface area (Å²) in [5, 5.41) is 2.96. The lowest BCUT2D eigenvalue weighted by atomic mass is 9.97. The number of hydrogen-bond acceptors (Lipinski definition) is 2. The molecule has 18 heavy (non-hydrogen) atoms. The molecule has 0 aliphatic carbocycles. The molecule has 3 heteroatoms. The van der Waals surface area contributed by atoms with Gasteiger partial charge in [-0.1, -0.05) is 37.3 Å². The fraction of sp³-hybridized carbons (Fsp3) is 0.533. The van der Waals surface area contributed by atoms with E-state index >= 15 is 0 Å². The van der Waals surface area contributed by atoms with Crippen molar-refractivity contribution in [1.82, 2.24) is 5.32 Å². The normalized spacial score (nSPS) is 20.6. The average Bonchev–Trinajstić information content (AvgIpc) is 2.90. The minimum atomic E-state index is 0.113. The maximum absolute atomic E-state index is 11.8. The topological polar surface area (TPSA) is 38.3 Å². The van der Waals surface area contributed by atoms with Gasteiger partial charge in [0.15, 0.2) is 0 Å². The van der Waals surface area contributed by atoms with E-state index in [0.29, 0.717) is 13.0 Å². The summed E-state index contributed by atoms with van der Waals surface area (Å²) < 4.78 is 5.48. The molecule has 0 saturated carbocycles. The maximum Gasteiger partial charge on any atom is 0.220 e. The predicted molar refractivity (Wildman–Crippen MR) is 71.5 cm³/mol. The zero-order valence-corrected chi connectivity index (χ0v) is 10.9. The largest absolute Gasteiger partial charge is 0.376 e. The Labute approximate surface area is 109 Å². The number of carbonyl (C=O) groups is 1. The molecule has 1 aromatic carbocycles. The fourth-order valence-corrected chi connectivity index (χ4v) is 2.28. The van der Waals surface area contributed by atoms with E-state index in [1.807, 2.05) is 18.2 Å². The lowest BCUT2D eigenvalue weighted by molar-refractivity contribution is -0.121. The van der Waals surface area contributed by atoms with Gasteiger partial charge in [0.2, 0.25) is 5.91 Å². The molecule has 98 valence electrons. The lowest BCUT2D eigenvalue weighted by Crippen LogP contribution is -2.32. The highest BCUT2D eigenvalue weighted by Gasteiger charge is 2.17. The van der Waals surface area contributed by atoms with Crippen molar-refractivity contribution in [2.45, 2.75) is 38.2 Å². The Morgan fingerprint density at radius 2 is 2.22 bits per heavy atom. The van der Waals surface area contributed by atoms with Crippen LogP contribution in [0.1, 0.15) is 37.7 Å². The number of rotatable bonds is 5. The van der Waals surface area contributed by atoms with Crippen molar-refractivity contribution in [3.8, 4) is 0 Å². The van der Waals surface area contributed by atoms with E-state index in [0.717, 1.165) is 19.4 Å². The SMILES string of the molecule is C[C@H](CC(=O)NC[C@H]1CCCO1)c1ccccc1. The first-order chi connectivity index (χ1) is 8.75. The minimum absolute atomic E-state index is 0.113. The Morgan fingerprint density at radius 1 is 1.44 bits per heavy atom. The predicted octanol–water partition coefficient (Wildman–Crippen LogP) is 2.48. The second kappa shape index (κ2) is 6.55. The highest BCUT2D eigenvalue weighted by Crippen LogP contribution is 2.18. The van der Waals surface area contributed by atoms with Gasteiger partial charge in [-0.2, -0.15) is 0 Å². The van der Waals surface area contributed by atoms with E-state index in [1.165, 1.54) is 5.56 Å². The summed E-state index contributed by atoms with van der Waals surface area (Å²) in [5.74, 6) is 0.373. The van der Waals surface area contributed by atoms with Gasteiger partial charge in [-0.3, -0.25) is 4.79 Å².